The molecule has 146 valence electrons. The Morgan fingerprint density at radius 3 is 2.29 bits per heavy atom. The van der Waals surface area contributed by atoms with Crippen molar-refractivity contribution in [1.82, 2.24) is 16.2 Å². The second-order valence-corrected chi connectivity index (χ2v) is 6.24. The fourth-order valence-electron chi connectivity index (χ4n) is 2.13. The summed E-state index contributed by atoms with van der Waals surface area (Å²) in [5.41, 5.74) is 5.06. The number of carbonyl (C=O) groups excluding carboxylic acids is 2. The van der Waals surface area contributed by atoms with Gasteiger partial charge in [-0.25, -0.2) is 0 Å². The molecule has 0 saturated heterocycles. The van der Waals surface area contributed by atoms with Crippen LogP contribution in [0.5, 0.6) is 5.75 Å². The smallest absolute Gasteiger partial charge is 0.269 e. The molecule has 0 unspecified atom stereocenters. The van der Waals surface area contributed by atoms with Crippen molar-refractivity contribution in [2.24, 2.45) is 0 Å². The molecule has 2 aromatic rings. The standard InChI is InChI=1S/C18H18N4O5S/c1-11(2)27-15-6-4-3-5-14(15)17(24)19-18(28)21-20-16(23)12-7-9-13(10-8-12)22(25)26/h3-11H,1-2H3,(H,20,23)(H2,19,21,24,28). The van der Waals surface area contributed by atoms with Crippen LogP contribution in [0.15, 0.2) is 48.5 Å². The molecule has 2 aromatic carbocycles. The second-order valence-electron chi connectivity index (χ2n) is 5.83. The Hall–Kier alpha value is -3.53. The largest absolute Gasteiger partial charge is 0.490 e. The Balaban J connectivity index is 1.92. The molecule has 0 aliphatic heterocycles. The summed E-state index contributed by atoms with van der Waals surface area (Å²) in [6.07, 6.45) is -0.111. The normalized spacial score (nSPS) is 10.1. The third-order valence-electron chi connectivity index (χ3n) is 3.35. The summed E-state index contributed by atoms with van der Waals surface area (Å²) < 4.78 is 5.59. The van der Waals surface area contributed by atoms with Gasteiger partial charge in [-0.1, -0.05) is 12.1 Å². The van der Waals surface area contributed by atoms with E-state index in [-0.39, 0.29) is 22.5 Å². The number of benzene rings is 2. The average molecular weight is 402 g/mol. The first kappa shape index (κ1) is 20.8. The van der Waals surface area contributed by atoms with Gasteiger partial charge in [0.1, 0.15) is 5.75 Å². The van der Waals surface area contributed by atoms with Crippen LogP contribution in [-0.2, 0) is 0 Å². The van der Waals surface area contributed by atoms with Crippen LogP contribution in [0.3, 0.4) is 0 Å². The van der Waals surface area contributed by atoms with Crippen LogP contribution in [0.1, 0.15) is 34.6 Å². The number of non-ortho nitro benzene ring substituents is 1. The molecule has 0 spiro atoms. The van der Waals surface area contributed by atoms with Gasteiger partial charge in [-0.15, -0.1) is 0 Å². The molecule has 0 aliphatic rings. The number of rotatable bonds is 5. The van der Waals surface area contributed by atoms with Gasteiger partial charge in [0.25, 0.3) is 17.5 Å². The number of hydrogen-bond acceptors (Lipinski definition) is 6. The number of amides is 2. The van der Waals surface area contributed by atoms with E-state index in [0.29, 0.717) is 11.3 Å². The highest BCUT2D eigenvalue weighted by molar-refractivity contribution is 7.80. The van der Waals surface area contributed by atoms with E-state index in [2.05, 4.69) is 16.2 Å². The third kappa shape index (κ3) is 5.74. The summed E-state index contributed by atoms with van der Waals surface area (Å²) >= 11 is 5.00. The summed E-state index contributed by atoms with van der Waals surface area (Å²) in [7, 11) is 0. The number of ether oxygens (including phenoxy) is 1. The van der Waals surface area contributed by atoms with E-state index in [1.54, 1.807) is 24.3 Å². The molecule has 0 radical (unpaired) electrons. The highest BCUT2D eigenvalue weighted by atomic mass is 32.1. The van der Waals surface area contributed by atoms with Crippen molar-refractivity contribution in [3.8, 4) is 5.75 Å². The number of hydrogen-bond donors (Lipinski definition) is 3. The van der Waals surface area contributed by atoms with E-state index in [0.717, 1.165) is 0 Å². The molecule has 3 N–H and O–H groups in total. The van der Waals surface area contributed by atoms with E-state index >= 15 is 0 Å². The number of nitro benzene ring substituents is 1. The predicted molar refractivity (Wildman–Crippen MR) is 106 cm³/mol. The number of carbonyl (C=O) groups is 2. The molecule has 9 nitrogen and oxygen atoms in total. The van der Waals surface area contributed by atoms with Crippen molar-refractivity contribution < 1.29 is 19.2 Å². The predicted octanol–water partition coefficient (Wildman–Crippen LogP) is 2.33. The lowest BCUT2D eigenvalue weighted by Gasteiger charge is -2.15. The number of hydrazine groups is 1. The molecule has 2 rings (SSSR count). The summed E-state index contributed by atoms with van der Waals surface area (Å²) in [6, 6.07) is 11.7. The molecular weight excluding hydrogens is 384 g/mol. The molecule has 10 heteroatoms. The fraction of sp³-hybridized carbons (Fsp3) is 0.167. The van der Waals surface area contributed by atoms with Crippen molar-refractivity contribution in [3.63, 3.8) is 0 Å². The molecule has 2 amide bonds. The lowest BCUT2D eigenvalue weighted by molar-refractivity contribution is -0.384. The van der Waals surface area contributed by atoms with Gasteiger partial charge in [0.2, 0.25) is 0 Å². The number of para-hydroxylation sites is 1. The number of nitrogens with one attached hydrogen (secondary N) is 3. The first-order valence-corrected chi connectivity index (χ1v) is 8.60. The monoisotopic (exact) mass is 402 g/mol. The molecule has 28 heavy (non-hydrogen) atoms. The fourth-order valence-corrected chi connectivity index (χ4v) is 2.28. The summed E-state index contributed by atoms with van der Waals surface area (Å²) in [5, 5.41) is 12.9. The quantitative estimate of drug-likeness (QED) is 0.398. The van der Waals surface area contributed by atoms with Crippen LogP contribution in [-0.4, -0.2) is 28.0 Å². The van der Waals surface area contributed by atoms with Gasteiger partial charge in [0, 0.05) is 17.7 Å². The van der Waals surface area contributed by atoms with Gasteiger partial charge < -0.3 is 4.74 Å². The summed E-state index contributed by atoms with van der Waals surface area (Å²) in [5.74, 6) is -0.666. The van der Waals surface area contributed by atoms with E-state index in [4.69, 9.17) is 17.0 Å². The third-order valence-corrected chi connectivity index (χ3v) is 3.56. The maximum absolute atomic E-state index is 12.4. The topological polar surface area (TPSA) is 123 Å². The number of nitro groups is 1. The number of thiocarbonyl (C=S) groups is 1. The van der Waals surface area contributed by atoms with Crippen LogP contribution in [0.4, 0.5) is 5.69 Å². The average Bonchev–Trinajstić information content (AvgIpc) is 2.66. The van der Waals surface area contributed by atoms with Crippen LogP contribution >= 0.6 is 12.2 Å². The van der Waals surface area contributed by atoms with Gasteiger partial charge in [-0.05, 0) is 50.3 Å². The zero-order valence-electron chi connectivity index (χ0n) is 15.1. The molecule has 0 heterocycles. The zero-order chi connectivity index (χ0) is 20.7. The van der Waals surface area contributed by atoms with Crippen LogP contribution in [0.2, 0.25) is 0 Å². The lowest BCUT2D eigenvalue weighted by Crippen LogP contribution is -2.48. The Kier molecular flexibility index (Phi) is 6.99. The molecule has 0 bridgehead atoms. The second kappa shape index (κ2) is 9.42. The van der Waals surface area contributed by atoms with Crippen molar-refractivity contribution in [2.75, 3.05) is 0 Å². The SMILES string of the molecule is CC(C)Oc1ccccc1C(=O)NC(=S)NNC(=O)c1ccc([N+](=O)[O-])cc1. The van der Waals surface area contributed by atoms with E-state index in [1.807, 2.05) is 13.8 Å². The van der Waals surface area contributed by atoms with Crippen molar-refractivity contribution in [1.29, 1.82) is 0 Å². The van der Waals surface area contributed by atoms with Gasteiger partial charge in [0.15, 0.2) is 5.11 Å². The maximum Gasteiger partial charge on any atom is 0.269 e. The maximum atomic E-state index is 12.4. The highest BCUT2D eigenvalue weighted by Crippen LogP contribution is 2.19. The molecule has 0 atom stereocenters. The minimum Gasteiger partial charge on any atom is -0.490 e. The molecule has 0 aromatic heterocycles. The van der Waals surface area contributed by atoms with E-state index in [1.165, 1.54) is 24.3 Å². The van der Waals surface area contributed by atoms with Crippen LogP contribution in [0, 0.1) is 10.1 Å². The minimum absolute atomic E-state index is 0.111. The van der Waals surface area contributed by atoms with Crippen molar-refractivity contribution in [3.05, 3.63) is 69.8 Å². The van der Waals surface area contributed by atoms with Crippen molar-refractivity contribution in [2.45, 2.75) is 20.0 Å². The summed E-state index contributed by atoms with van der Waals surface area (Å²) in [6.45, 7) is 3.68. The Morgan fingerprint density at radius 1 is 1.04 bits per heavy atom. The first-order valence-electron chi connectivity index (χ1n) is 8.19. The Labute approximate surface area is 166 Å². The van der Waals surface area contributed by atoms with Crippen LogP contribution in [0.25, 0.3) is 0 Å². The van der Waals surface area contributed by atoms with Gasteiger partial charge >= 0.3 is 0 Å². The molecule has 0 saturated carbocycles. The van der Waals surface area contributed by atoms with Crippen LogP contribution < -0.4 is 20.9 Å². The molecule has 0 aliphatic carbocycles. The lowest BCUT2D eigenvalue weighted by atomic mass is 10.2. The van der Waals surface area contributed by atoms with Crippen molar-refractivity contribution >= 4 is 34.8 Å². The first-order chi connectivity index (χ1) is 13.3. The van der Waals surface area contributed by atoms with E-state index in [9.17, 15) is 19.7 Å². The zero-order valence-corrected chi connectivity index (χ0v) is 15.9. The molecule has 0 fully saturated rings. The van der Waals surface area contributed by atoms with Gasteiger partial charge in [-0.3, -0.25) is 35.9 Å². The van der Waals surface area contributed by atoms with Gasteiger partial charge in [0.05, 0.1) is 16.6 Å². The highest BCUT2D eigenvalue weighted by Gasteiger charge is 2.15. The Morgan fingerprint density at radius 2 is 1.68 bits per heavy atom. The minimum atomic E-state index is -0.574. The van der Waals surface area contributed by atoms with E-state index < -0.39 is 16.7 Å². The molecular formula is C18H18N4O5S. The number of nitrogens with zero attached hydrogens (tertiary/aromatic N) is 1. The Bertz CT molecular complexity index is 899. The van der Waals surface area contributed by atoms with Gasteiger partial charge in [-0.2, -0.15) is 0 Å². The summed E-state index contributed by atoms with van der Waals surface area (Å²) in [4.78, 5) is 34.5.